The molecule has 0 rings (SSSR count). The van der Waals surface area contributed by atoms with Crippen LogP contribution < -0.4 is 11.1 Å². The number of hydrogen-bond donors (Lipinski definition) is 3. The van der Waals surface area contributed by atoms with E-state index in [0.29, 0.717) is 13.2 Å². The highest BCUT2D eigenvalue weighted by Crippen LogP contribution is 2.01. The lowest BCUT2D eigenvalue weighted by atomic mass is 10.4. The number of nitrogens with two attached hydrogens (primary N) is 1. The molecule has 0 aromatic carbocycles. The van der Waals surface area contributed by atoms with E-state index < -0.39 is 12.0 Å². The van der Waals surface area contributed by atoms with Crippen molar-refractivity contribution in [3.63, 3.8) is 0 Å². The normalized spacial score (nSPS) is 12.1. The Bertz CT molecular complexity index is 226. The van der Waals surface area contributed by atoms with Crippen molar-refractivity contribution in [3.05, 3.63) is 0 Å². The van der Waals surface area contributed by atoms with Gasteiger partial charge in [-0.25, -0.2) is 0 Å². The Morgan fingerprint density at radius 2 is 2.25 bits per heavy atom. The number of nitrogens with one attached hydrogen (secondary N) is 1. The number of carbonyl (C=O) groups is 2. The van der Waals surface area contributed by atoms with E-state index in [9.17, 15) is 9.59 Å². The fourth-order valence-corrected chi connectivity index (χ4v) is 1.65. The van der Waals surface area contributed by atoms with E-state index in [2.05, 4.69) is 5.32 Å². The summed E-state index contributed by atoms with van der Waals surface area (Å²) < 4.78 is 4.82. The zero-order chi connectivity index (χ0) is 12.4. The fourth-order valence-electron chi connectivity index (χ4n) is 0.845. The zero-order valence-electron chi connectivity index (χ0n) is 9.27. The summed E-state index contributed by atoms with van der Waals surface area (Å²) in [6.45, 7) is 1.18. The van der Waals surface area contributed by atoms with Gasteiger partial charge < -0.3 is 20.9 Å². The summed E-state index contributed by atoms with van der Waals surface area (Å²) in [4.78, 5) is 21.6. The molecule has 0 spiro atoms. The van der Waals surface area contributed by atoms with Gasteiger partial charge in [0, 0.05) is 26.0 Å². The van der Waals surface area contributed by atoms with Crippen molar-refractivity contribution in [2.75, 3.05) is 31.8 Å². The van der Waals surface area contributed by atoms with Gasteiger partial charge in [0.05, 0.1) is 5.75 Å². The largest absolute Gasteiger partial charge is 0.480 e. The van der Waals surface area contributed by atoms with Crippen molar-refractivity contribution in [3.8, 4) is 0 Å². The lowest BCUT2D eigenvalue weighted by Crippen LogP contribution is -2.33. The summed E-state index contributed by atoms with van der Waals surface area (Å²) in [6.07, 6.45) is 0.765. The van der Waals surface area contributed by atoms with E-state index in [1.807, 2.05) is 0 Å². The molecular formula is C9H18N2O4S. The predicted octanol–water partition coefficient (Wildman–Crippen LogP) is -0.716. The molecule has 94 valence electrons. The minimum Gasteiger partial charge on any atom is -0.480 e. The lowest BCUT2D eigenvalue weighted by Gasteiger charge is -2.06. The molecule has 0 aliphatic heterocycles. The Morgan fingerprint density at radius 1 is 1.56 bits per heavy atom. The molecule has 0 saturated heterocycles. The van der Waals surface area contributed by atoms with Crippen molar-refractivity contribution in [2.24, 2.45) is 5.73 Å². The summed E-state index contributed by atoms with van der Waals surface area (Å²) in [7, 11) is 1.60. The first-order valence-electron chi connectivity index (χ1n) is 4.89. The van der Waals surface area contributed by atoms with Crippen LogP contribution in [-0.4, -0.2) is 54.8 Å². The third kappa shape index (κ3) is 8.51. The van der Waals surface area contributed by atoms with E-state index in [1.165, 1.54) is 11.8 Å². The Labute approximate surface area is 98.9 Å². The van der Waals surface area contributed by atoms with Crippen LogP contribution in [-0.2, 0) is 14.3 Å². The molecular weight excluding hydrogens is 232 g/mol. The van der Waals surface area contributed by atoms with Crippen LogP contribution in [0.25, 0.3) is 0 Å². The zero-order valence-corrected chi connectivity index (χ0v) is 10.1. The number of carboxylic acid groups (broad SMARTS) is 1. The number of hydrogen-bond acceptors (Lipinski definition) is 5. The molecule has 1 amide bonds. The minimum absolute atomic E-state index is 0.112. The van der Waals surface area contributed by atoms with E-state index in [0.717, 1.165) is 6.42 Å². The number of ether oxygens (including phenoxy) is 1. The molecule has 0 aromatic rings. The van der Waals surface area contributed by atoms with Gasteiger partial charge >= 0.3 is 5.97 Å². The lowest BCUT2D eigenvalue weighted by molar-refractivity contribution is -0.138. The molecule has 0 aromatic heterocycles. The first kappa shape index (κ1) is 15.2. The van der Waals surface area contributed by atoms with Gasteiger partial charge in [0.25, 0.3) is 0 Å². The average Bonchev–Trinajstić information content (AvgIpc) is 2.24. The number of carbonyl (C=O) groups excluding carboxylic acids is 1. The van der Waals surface area contributed by atoms with Crippen molar-refractivity contribution in [2.45, 2.75) is 12.5 Å². The highest BCUT2D eigenvalue weighted by Gasteiger charge is 2.11. The smallest absolute Gasteiger partial charge is 0.321 e. The third-order valence-corrected chi connectivity index (χ3v) is 2.76. The van der Waals surface area contributed by atoms with Crippen molar-refractivity contribution >= 4 is 23.6 Å². The molecule has 0 bridgehead atoms. The van der Waals surface area contributed by atoms with Crippen molar-refractivity contribution in [1.82, 2.24) is 5.32 Å². The molecule has 7 heteroatoms. The van der Waals surface area contributed by atoms with Crippen LogP contribution in [0, 0.1) is 0 Å². The van der Waals surface area contributed by atoms with Gasteiger partial charge in [-0.1, -0.05) is 0 Å². The number of rotatable bonds is 9. The molecule has 16 heavy (non-hydrogen) atoms. The monoisotopic (exact) mass is 250 g/mol. The standard InChI is InChI=1S/C9H18N2O4S/c1-15-4-2-3-11-8(12)6-16-5-7(10)9(13)14/h7H,2-6,10H2,1H3,(H,11,12)(H,13,14). The maximum absolute atomic E-state index is 11.2. The Morgan fingerprint density at radius 3 is 2.81 bits per heavy atom. The number of amides is 1. The van der Waals surface area contributed by atoms with Crippen LogP contribution in [0.4, 0.5) is 0 Å². The van der Waals surface area contributed by atoms with Gasteiger partial charge in [-0.15, -0.1) is 11.8 Å². The number of carboxylic acids is 1. The van der Waals surface area contributed by atoms with Crippen LogP contribution in [0.15, 0.2) is 0 Å². The summed E-state index contributed by atoms with van der Waals surface area (Å²) in [5.41, 5.74) is 5.27. The topological polar surface area (TPSA) is 102 Å². The van der Waals surface area contributed by atoms with E-state index in [4.69, 9.17) is 15.6 Å². The quantitative estimate of drug-likeness (QED) is 0.467. The molecule has 6 nitrogen and oxygen atoms in total. The van der Waals surface area contributed by atoms with E-state index in [1.54, 1.807) is 7.11 Å². The molecule has 0 radical (unpaired) electrons. The molecule has 1 unspecified atom stereocenters. The van der Waals surface area contributed by atoms with Crippen LogP contribution in [0.2, 0.25) is 0 Å². The highest BCUT2D eigenvalue weighted by molar-refractivity contribution is 8.00. The van der Waals surface area contributed by atoms with Crippen molar-refractivity contribution in [1.29, 1.82) is 0 Å². The summed E-state index contributed by atoms with van der Waals surface area (Å²) >= 11 is 1.21. The minimum atomic E-state index is -1.05. The summed E-state index contributed by atoms with van der Waals surface area (Å²) in [6, 6.07) is -0.911. The molecule has 1 atom stereocenters. The SMILES string of the molecule is COCCCNC(=O)CSCC(N)C(=O)O. The second-order valence-electron chi connectivity index (χ2n) is 3.16. The van der Waals surface area contributed by atoms with Crippen LogP contribution in [0.1, 0.15) is 6.42 Å². The second kappa shape index (κ2) is 9.44. The van der Waals surface area contributed by atoms with E-state index >= 15 is 0 Å². The molecule has 0 fully saturated rings. The van der Waals surface area contributed by atoms with E-state index in [-0.39, 0.29) is 17.4 Å². The first-order chi connectivity index (χ1) is 7.57. The number of thioether (sulfide) groups is 1. The average molecular weight is 250 g/mol. The Hall–Kier alpha value is -0.790. The highest BCUT2D eigenvalue weighted by atomic mass is 32.2. The second-order valence-corrected chi connectivity index (χ2v) is 4.19. The number of aliphatic carboxylic acids is 1. The van der Waals surface area contributed by atoms with Crippen LogP contribution >= 0.6 is 11.8 Å². The molecule has 0 aliphatic rings. The first-order valence-corrected chi connectivity index (χ1v) is 6.05. The Kier molecular flexibility index (Phi) is 8.97. The number of methoxy groups -OCH3 is 1. The van der Waals surface area contributed by atoms with Gasteiger partial charge in [-0.05, 0) is 6.42 Å². The molecule has 4 N–H and O–H groups in total. The maximum atomic E-state index is 11.2. The third-order valence-electron chi connectivity index (χ3n) is 1.70. The van der Waals surface area contributed by atoms with Gasteiger partial charge in [0.15, 0.2) is 0 Å². The molecule has 0 aliphatic carbocycles. The predicted molar refractivity (Wildman–Crippen MR) is 62.4 cm³/mol. The van der Waals surface area contributed by atoms with Gasteiger partial charge in [0.2, 0.25) is 5.91 Å². The van der Waals surface area contributed by atoms with Gasteiger partial charge in [-0.3, -0.25) is 9.59 Å². The van der Waals surface area contributed by atoms with Crippen LogP contribution in [0.3, 0.4) is 0 Å². The van der Waals surface area contributed by atoms with Gasteiger partial charge in [0.1, 0.15) is 6.04 Å². The maximum Gasteiger partial charge on any atom is 0.321 e. The Balaban J connectivity index is 3.40. The summed E-state index contributed by atoms with van der Waals surface area (Å²) in [5.74, 6) is -0.693. The molecule has 0 heterocycles. The van der Waals surface area contributed by atoms with Gasteiger partial charge in [-0.2, -0.15) is 0 Å². The van der Waals surface area contributed by atoms with Crippen LogP contribution in [0.5, 0.6) is 0 Å². The molecule has 0 saturated carbocycles. The summed E-state index contributed by atoms with van der Waals surface area (Å²) in [5, 5.41) is 11.2. The van der Waals surface area contributed by atoms with Crippen molar-refractivity contribution < 1.29 is 19.4 Å². The fraction of sp³-hybridized carbons (Fsp3) is 0.778.